The fraction of sp³-hybridized carbons (Fsp3) is 0.105. The zero-order chi connectivity index (χ0) is 17.8. The monoisotopic (exact) mass is 396 g/mol. The molecule has 0 aliphatic heterocycles. The van der Waals surface area contributed by atoms with E-state index in [0.717, 1.165) is 10.2 Å². The van der Waals surface area contributed by atoms with Crippen LogP contribution in [0, 0.1) is 13.8 Å². The first-order valence-corrected chi connectivity index (χ1v) is 8.55. The first kappa shape index (κ1) is 17.1. The van der Waals surface area contributed by atoms with Crippen molar-refractivity contribution in [2.45, 2.75) is 13.8 Å². The number of hydrogen-bond acceptors (Lipinski definition) is 4. The maximum absolute atomic E-state index is 12.5. The smallest absolute Gasteiger partial charge is 0.274 e. The van der Waals surface area contributed by atoms with Gasteiger partial charge in [0.25, 0.3) is 5.91 Å². The van der Waals surface area contributed by atoms with E-state index in [-0.39, 0.29) is 5.91 Å². The van der Waals surface area contributed by atoms with Gasteiger partial charge in [0.15, 0.2) is 0 Å². The second-order valence-corrected chi connectivity index (χ2v) is 6.56. The third-order valence-corrected chi connectivity index (χ3v) is 3.97. The van der Waals surface area contributed by atoms with Gasteiger partial charge in [-0.2, -0.15) is 0 Å². The van der Waals surface area contributed by atoms with Gasteiger partial charge in [-0.15, -0.1) is 0 Å². The lowest BCUT2D eigenvalue weighted by Crippen LogP contribution is -2.15. The molecule has 0 aliphatic carbocycles. The van der Waals surface area contributed by atoms with Gasteiger partial charge in [0, 0.05) is 21.9 Å². The quantitative estimate of drug-likeness (QED) is 0.661. The van der Waals surface area contributed by atoms with Crippen LogP contribution in [0.3, 0.4) is 0 Å². The van der Waals surface area contributed by atoms with Crippen LogP contribution in [0.5, 0.6) is 0 Å². The van der Waals surface area contributed by atoms with E-state index >= 15 is 0 Å². The van der Waals surface area contributed by atoms with Crippen LogP contribution in [0.15, 0.2) is 59.1 Å². The summed E-state index contributed by atoms with van der Waals surface area (Å²) in [7, 11) is 0. The third kappa shape index (κ3) is 4.64. The molecule has 0 saturated carbocycles. The Morgan fingerprint density at radius 1 is 0.960 bits per heavy atom. The van der Waals surface area contributed by atoms with Gasteiger partial charge in [0.2, 0.25) is 0 Å². The maximum atomic E-state index is 12.5. The Balaban J connectivity index is 1.80. The minimum absolute atomic E-state index is 0.282. The molecule has 0 saturated heterocycles. The minimum atomic E-state index is -0.282. The van der Waals surface area contributed by atoms with E-state index < -0.39 is 0 Å². The lowest BCUT2D eigenvalue weighted by atomic mass is 10.2. The number of nitrogens with zero attached hydrogens (tertiary/aromatic N) is 2. The van der Waals surface area contributed by atoms with Crippen molar-refractivity contribution < 1.29 is 4.79 Å². The summed E-state index contributed by atoms with van der Waals surface area (Å²) in [5.41, 5.74) is 3.09. The number of carbonyl (C=O) groups is 1. The van der Waals surface area contributed by atoms with Gasteiger partial charge in [0.1, 0.15) is 17.3 Å². The number of anilines is 3. The summed E-state index contributed by atoms with van der Waals surface area (Å²) in [4.78, 5) is 21.1. The molecule has 126 valence electrons. The van der Waals surface area contributed by atoms with Crippen molar-refractivity contribution in [3.05, 3.63) is 76.2 Å². The number of aromatic nitrogens is 2. The minimum Gasteiger partial charge on any atom is -0.340 e. The molecule has 1 aromatic heterocycles. The van der Waals surface area contributed by atoms with E-state index in [1.54, 1.807) is 13.0 Å². The highest BCUT2D eigenvalue weighted by Crippen LogP contribution is 2.18. The molecule has 3 rings (SSSR count). The van der Waals surface area contributed by atoms with Crippen LogP contribution in [0.2, 0.25) is 0 Å². The molecule has 1 heterocycles. The summed E-state index contributed by atoms with van der Waals surface area (Å²) in [5.74, 6) is 0.822. The first-order chi connectivity index (χ1) is 12.0. The van der Waals surface area contributed by atoms with Crippen LogP contribution in [-0.4, -0.2) is 15.9 Å². The molecule has 1 amide bonds. The average Bonchev–Trinajstić information content (AvgIpc) is 2.56. The molecule has 0 atom stereocenters. The number of rotatable bonds is 4. The van der Waals surface area contributed by atoms with E-state index in [9.17, 15) is 4.79 Å². The number of halogens is 1. The Bertz CT molecular complexity index is 910. The number of aryl methyl sites for hydroxylation is 2. The van der Waals surface area contributed by atoms with Crippen molar-refractivity contribution in [2.75, 3.05) is 10.6 Å². The number of carbonyl (C=O) groups excluding carboxylic acids is 1. The second-order valence-electron chi connectivity index (χ2n) is 5.64. The normalized spacial score (nSPS) is 10.4. The van der Waals surface area contributed by atoms with E-state index in [1.165, 1.54) is 5.56 Å². The Hall–Kier alpha value is -2.73. The van der Waals surface area contributed by atoms with Crippen LogP contribution < -0.4 is 10.6 Å². The molecule has 25 heavy (non-hydrogen) atoms. The zero-order valence-electron chi connectivity index (χ0n) is 13.9. The van der Waals surface area contributed by atoms with Crippen LogP contribution in [-0.2, 0) is 0 Å². The Morgan fingerprint density at radius 2 is 1.72 bits per heavy atom. The highest BCUT2D eigenvalue weighted by atomic mass is 79.9. The second kappa shape index (κ2) is 7.44. The van der Waals surface area contributed by atoms with Crippen LogP contribution >= 0.6 is 15.9 Å². The fourth-order valence-electron chi connectivity index (χ4n) is 2.29. The van der Waals surface area contributed by atoms with E-state index in [0.29, 0.717) is 23.0 Å². The van der Waals surface area contributed by atoms with Crippen molar-refractivity contribution in [3.8, 4) is 0 Å². The van der Waals surface area contributed by atoms with Crippen molar-refractivity contribution in [2.24, 2.45) is 0 Å². The zero-order valence-corrected chi connectivity index (χ0v) is 15.5. The Kier molecular flexibility index (Phi) is 5.09. The Labute approximate surface area is 154 Å². The van der Waals surface area contributed by atoms with E-state index in [1.807, 2.05) is 55.5 Å². The lowest BCUT2D eigenvalue weighted by Gasteiger charge is -2.09. The SMILES string of the molecule is Cc1ccc(Nc2cc(C(=O)Nc3cccc(Br)c3)nc(C)n2)cc1. The van der Waals surface area contributed by atoms with Crippen molar-refractivity contribution in [1.29, 1.82) is 0 Å². The summed E-state index contributed by atoms with van der Waals surface area (Å²) in [6, 6.07) is 17.0. The Morgan fingerprint density at radius 3 is 2.44 bits per heavy atom. The van der Waals surface area contributed by atoms with Crippen molar-refractivity contribution >= 4 is 39.0 Å². The molecule has 0 aliphatic rings. The fourth-order valence-corrected chi connectivity index (χ4v) is 2.69. The van der Waals surface area contributed by atoms with Crippen LogP contribution in [0.1, 0.15) is 21.9 Å². The van der Waals surface area contributed by atoms with Gasteiger partial charge in [-0.1, -0.05) is 39.7 Å². The van der Waals surface area contributed by atoms with E-state index in [2.05, 4.69) is 36.5 Å². The summed E-state index contributed by atoms with van der Waals surface area (Å²) in [6.07, 6.45) is 0. The summed E-state index contributed by atoms with van der Waals surface area (Å²) < 4.78 is 0.894. The number of hydrogen-bond donors (Lipinski definition) is 2. The molecular formula is C19H17BrN4O. The predicted molar refractivity (Wildman–Crippen MR) is 103 cm³/mol. The number of benzene rings is 2. The van der Waals surface area contributed by atoms with Crippen molar-refractivity contribution in [1.82, 2.24) is 9.97 Å². The molecule has 2 aromatic carbocycles. The molecule has 0 fully saturated rings. The number of amides is 1. The average molecular weight is 397 g/mol. The van der Waals surface area contributed by atoms with E-state index in [4.69, 9.17) is 0 Å². The number of nitrogens with one attached hydrogen (secondary N) is 2. The molecule has 0 spiro atoms. The highest BCUT2D eigenvalue weighted by Gasteiger charge is 2.11. The van der Waals surface area contributed by atoms with Gasteiger partial charge in [-0.05, 0) is 44.2 Å². The lowest BCUT2D eigenvalue weighted by molar-refractivity contribution is 0.102. The molecule has 5 nitrogen and oxygen atoms in total. The van der Waals surface area contributed by atoms with Gasteiger partial charge in [-0.25, -0.2) is 9.97 Å². The largest absolute Gasteiger partial charge is 0.340 e. The topological polar surface area (TPSA) is 66.9 Å². The summed E-state index contributed by atoms with van der Waals surface area (Å²) >= 11 is 3.39. The standard InChI is InChI=1S/C19H17BrN4O/c1-12-6-8-15(9-7-12)23-18-11-17(21-13(2)22-18)19(25)24-16-5-3-4-14(20)10-16/h3-11H,1-2H3,(H,24,25)(H,21,22,23). The summed E-state index contributed by atoms with van der Waals surface area (Å²) in [5, 5.41) is 6.04. The van der Waals surface area contributed by atoms with Crippen LogP contribution in [0.25, 0.3) is 0 Å². The first-order valence-electron chi connectivity index (χ1n) is 7.76. The van der Waals surface area contributed by atoms with Gasteiger partial charge >= 0.3 is 0 Å². The van der Waals surface area contributed by atoms with Crippen LogP contribution in [0.4, 0.5) is 17.2 Å². The van der Waals surface area contributed by atoms with Gasteiger partial charge in [0.05, 0.1) is 0 Å². The summed E-state index contributed by atoms with van der Waals surface area (Å²) in [6.45, 7) is 3.79. The van der Waals surface area contributed by atoms with Gasteiger partial charge < -0.3 is 10.6 Å². The van der Waals surface area contributed by atoms with Crippen molar-refractivity contribution in [3.63, 3.8) is 0 Å². The van der Waals surface area contributed by atoms with Gasteiger partial charge in [-0.3, -0.25) is 4.79 Å². The molecule has 3 aromatic rings. The highest BCUT2D eigenvalue weighted by molar-refractivity contribution is 9.10. The molecular weight excluding hydrogens is 380 g/mol. The predicted octanol–water partition coefficient (Wildman–Crippen LogP) is 4.85. The molecule has 0 bridgehead atoms. The maximum Gasteiger partial charge on any atom is 0.274 e. The molecule has 6 heteroatoms. The molecule has 0 unspecified atom stereocenters. The third-order valence-electron chi connectivity index (χ3n) is 3.48. The molecule has 2 N–H and O–H groups in total. The molecule has 0 radical (unpaired) electrons.